The van der Waals surface area contributed by atoms with Gasteiger partial charge >= 0.3 is 5.76 Å². The molecule has 3 aromatic rings. The second-order valence-corrected chi connectivity index (χ2v) is 4.79. The number of nitrogens with two attached hydrogens (primary N) is 1. The molecule has 0 atom stereocenters. The number of halogens is 3. The second-order valence-electron chi connectivity index (χ2n) is 4.79. The van der Waals surface area contributed by atoms with E-state index < -0.39 is 23.6 Å². The van der Waals surface area contributed by atoms with Crippen LogP contribution in [-0.4, -0.2) is 33.1 Å². The van der Waals surface area contributed by atoms with E-state index in [1.165, 1.54) is 0 Å². The van der Waals surface area contributed by atoms with E-state index in [9.17, 15) is 18.0 Å². The lowest BCUT2D eigenvalue weighted by atomic mass is 10.2. The summed E-state index contributed by atoms with van der Waals surface area (Å²) in [6.45, 7) is 0.614. The Morgan fingerprint density at radius 2 is 2.08 bits per heavy atom. The van der Waals surface area contributed by atoms with Crippen LogP contribution in [0.15, 0.2) is 32.1 Å². The molecule has 0 fully saturated rings. The third-order valence-corrected chi connectivity index (χ3v) is 3.21. The summed E-state index contributed by atoms with van der Waals surface area (Å²) in [4.78, 5) is 12.0. The van der Waals surface area contributed by atoms with E-state index in [1.807, 2.05) is 0 Å². The third-order valence-electron chi connectivity index (χ3n) is 3.21. The van der Waals surface area contributed by atoms with Gasteiger partial charge in [-0.25, -0.2) is 27.2 Å². The Hall–Kier alpha value is -3.15. The minimum absolute atomic E-state index is 0.00206. The lowest BCUT2D eigenvalue weighted by Crippen LogP contribution is -2.16. The van der Waals surface area contributed by atoms with E-state index >= 15 is 0 Å². The first-order valence-electron chi connectivity index (χ1n) is 6.96. The average Bonchev–Trinajstić information content (AvgIpc) is 3.19. The molecular weight excluding hydrogens is 345 g/mol. The maximum absolute atomic E-state index is 13.5. The van der Waals surface area contributed by atoms with Crippen molar-refractivity contribution in [2.45, 2.75) is 6.43 Å². The first-order valence-corrected chi connectivity index (χ1v) is 6.96. The standard InChI is InChI=1S/C13H11F3N6O3/c14-8-2-1-6(5-7(8)10(15)16)22-12(21-24-13(22)23)9-11(18-4-3-17)20-25-19-9/h1-2,5,10H,3-4,17H2,(H,18,20). The maximum atomic E-state index is 13.5. The van der Waals surface area contributed by atoms with Crippen molar-refractivity contribution in [1.82, 2.24) is 20.0 Å². The van der Waals surface area contributed by atoms with Gasteiger partial charge in [-0.05, 0) is 28.5 Å². The number of nitrogens with zero attached hydrogens (tertiary/aromatic N) is 4. The van der Waals surface area contributed by atoms with Crippen LogP contribution in [-0.2, 0) is 0 Å². The predicted octanol–water partition coefficient (Wildman–Crippen LogP) is 1.32. The number of alkyl halides is 2. The largest absolute Gasteiger partial charge is 0.446 e. The molecule has 0 saturated carbocycles. The van der Waals surface area contributed by atoms with Crippen LogP contribution in [0.1, 0.15) is 12.0 Å². The Kier molecular flexibility index (Phi) is 4.52. The lowest BCUT2D eigenvalue weighted by molar-refractivity contribution is 0.146. The van der Waals surface area contributed by atoms with E-state index in [0.29, 0.717) is 6.54 Å². The highest BCUT2D eigenvalue weighted by molar-refractivity contribution is 5.66. The van der Waals surface area contributed by atoms with Gasteiger partial charge in [0.25, 0.3) is 6.43 Å². The fraction of sp³-hybridized carbons (Fsp3) is 0.231. The van der Waals surface area contributed by atoms with Gasteiger partial charge in [0.1, 0.15) is 5.82 Å². The highest BCUT2D eigenvalue weighted by Crippen LogP contribution is 2.27. The van der Waals surface area contributed by atoms with Gasteiger partial charge in [0.2, 0.25) is 11.6 Å². The number of hydrogen-bond acceptors (Lipinski definition) is 8. The van der Waals surface area contributed by atoms with Gasteiger partial charge in [-0.2, -0.15) is 0 Å². The Labute approximate surface area is 137 Å². The monoisotopic (exact) mass is 356 g/mol. The fourth-order valence-electron chi connectivity index (χ4n) is 2.11. The van der Waals surface area contributed by atoms with Gasteiger partial charge in [-0.15, -0.1) is 0 Å². The number of nitrogens with one attached hydrogen (secondary N) is 1. The highest BCUT2D eigenvalue weighted by Gasteiger charge is 2.24. The maximum Gasteiger partial charge on any atom is 0.446 e. The fourth-order valence-corrected chi connectivity index (χ4v) is 2.11. The van der Waals surface area contributed by atoms with Crippen molar-refractivity contribution >= 4 is 5.82 Å². The van der Waals surface area contributed by atoms with Crippen molar-refractivity contribution in [3.05, 3.63) is 40.1 Å². The highest BCUT2D eigenvalue weighted by atomic mass is 19.3. The molecule has 3 rings (SSSR count). The van der Waals surface area contributed by atoms with Crippen molar-refractivity contribution in [2.24, 2.45) is 5.73 Å². The number of aromatic nitrogens is 4. The minimum atomic E-state index is -3.06. The predicted molar refractivity (Wildman–Crippen MR) is 77.9 cm³/mol. The summed E-state index contributed by atoms with van der Waals surface area (Å²) in [5.41, 5.74) is 4.44. The minimum Gasteiger partial charge on any atom is -0.364 e. The van der Waals surface area contributed by atoms with Crippen LogP contribution in [0, 0.1) is 5.82 Å². The smallest absolute Gasteiger partial charge is 0.364 e. The number of rotatable bonds is 6. The van der Waals surface area contributed by atoms with Gasteiger partial charge in [0.05, 0.1) is 11.3 Å². The van der Waals surface area contributed by atoms with Crippen LogP contribution in [0.5, 0.6) is 0 Å². The van der Waals surface area contributed by atoms with Gasteiger partial charge < -0.3 is 11.1 Å². The van der Waals surface area contributed by atoms with E-state index in [2.05, 4.69) is 29.9 Å². The van der Waals surface area contributed by atoms with Gasteiger partial charge in [-0.3, -0.25) is 4.52 Å². The normalized spacial score (nSPS) is 11.2. The zero-order valence-corrected chi connectivity index (χ0v) is 12.4. The number of benzene rings is 1. The zero-order chi connectivity index (χ0) is 18.0. The van der Waals surface area contributed by atoms with E-state index in [4.69, 9.17) is 5.73 Å². The van der Waals surface area contributed by atoms with E-state index in [1.54, 1.807) is 0 Å². The molecule has 0 spiro atoms. The first-order chi connectivity index (χ1) is 12.0. The molecule has 9 nitrogen and oxygen atoms in total. The summed E-state index contributed by atoms with van der Waals surface area (Å²) < 4.78 is 49.3. The molecule has 25 heavy (non-hydrogen) atoms. The summed E-state index contributed by atoms with van der Waals surface area (Å²) in [7, 11) is 0. The molecule has 2 heterocycles. The average molecular weight is 356 g/mol. The molecule has 1 aromatic carbocycles. The first kappa shape index (κ1) is 16.7. The Bertz CT molecular complexity index is 935. The van der Waals surface area contributed by atoms with Crippen molar-refractivity contribution in [1.29, 1.82) is 0 Å². The summed E-state index contributed by atoms with van der Waals surface area (Å²) >= 11 is 0. The summed E-state index contributed by atoms with van der Waals surface area (Å²) in [5, 5.41) is 13.6. The summed E-state index contributed by atoms with van der Waals surface area (Å²) in [6, 6.07) is 2.76. The van der Waals surface area contributed by atoms with Crippen molar-refractivity contribution in [3.8, 4) is 17.2 Å². The van der Waals surface area contributed by atoms with E-state index in [-0.39, 0.29) is 29.6 Å². The zero-order valence-electron chi connectivity index (χ0n) is 12.4. The molecule has 0 radical (unpaired) electrons. The molecule has 0 amide bonds. The van der Waals surface area contributed by atoms with Gasteiger partial charge in [0.15, 0.2) is 5.69 Å². The number of hydrogen-bond donors (Lipinski definition) is 2. The molecular formula is C13H11F3N6O3. The molecule has 0 saturated heterocycles. The molecule has 132 valence electrons. The SMILES string of the molecule is NCCNc1nonc1-c1noc(=O)n1-c1ccc(F)c(C(F)F)c1. The Morgan fingerprint density at radius 3 is 2.80 bits per heavy atom. The molecule has 0 bridgehead atoms. The van der Waals surface area contributed by atoms with Crippen LogP contribution in [0.3, 0.4) is 0 Å². The summed E-state index contributed by atoms with van der Waals surface area (Å²) in [6.07, 6.45) is -3.06. The van der Waals surface area contributed by atoms with Gasteiger partial charge in [0, 0.05) is 13.1 Å². The van der Waals surface area contributed by atoms with Crippen LogP contribution in [0.25, 0.3) is 17.2 Å². The molecule has 2 aromatic heterocycles. The van der Waals surface area contributed by atoms with E-state index in [0.717, 1.165) is 22.8 Å². The molecule has 0 unspecified atom stereocenters. The van der Waals surface area contributed by atoms with Crippen molar-refractivity contribution in [3.63, 3.8) is 0 Å². The molecule has 0 aliphatic rings. The Morgan fingerprint density at radius 1 is 1.28 bits per heavy atom. The molecule has 0 aliphatic heterocycles. The topological polar surface area (TPSA) is 125 Å². The van der Waals surface area contributed by atoms with Crippen LogP contribution < -0.4 is 16.8 Å². The second kappa shape index (κ2) is 6.76. The van der Waals surface area contributed by atoms with Crippen LogP contribution >= 0.6 is 0 Å². The van der Waals surface area contributed by atoms with Crippen LogP contribution in [0.4, 0.5) is 19.0 Å². The Balaban J connectivity index is 2.12. The van der Waals surface area contributed by atoms with Crippen molar-refractivity contribution < 1.29 is 22.3 Å². The van der Waals surface area contributed by atoms with Crippen LogP contribution in [0.2, 0.25) is 0 Å². The van der Waals surface area contributed by atoms with Gasteiger partial charge in [-0.1, -0.05) is 5.16 Å². The lowest BCUT2D eigenvalue weighted by Gasteiger charge is -2.07. The molecule has 0 aliphatic carbocycles. The third kappa shape index (κ3) is 3.10. The van der Waals surface area contributed by atoms with Crippen molar-refractivity contribution in [2.75, 3.05) is 18.4 Å². The summed E-state index contributed by atoms with van der Waals surface area (Å²) in [5.74, 6) is -2.10. The quantitative estimate of drug-likeness (QED) is 0.677. The number of anilines is 1. The molecule has 12 heteroatoms. The molecule has 3 N–H and O–H groups in total.